The number of anilines is 1. The fraction of sp³-hybridized carbons (Fsp3) is 0.0667. The quantitative estimate of drug-likeness (QED) is 0.231. The summed E-state index contributed by atoms with van der Waals surface area (Å²) in [4.78, 5) is 13.1. The van der Waals surface area contributed by atoms with E-state index in [0.29, 0.717) is 28.4 Å². The number of amides is 1. The standard InChI is InChI=1S/C30H22F3N3O3/c1-19-2-4-21(5-3-19)28-27(20-6-8-22(31)9-7-20)18-36(35-28)30(37)34-23-10-12-24(13-11-23)38-25-14-16-26(17-15-25)39-29(32)33/h2-18,29H,1H3,(H,34,37). The number of aromatic nitrogens is 2. The fourth-order valence-electron chi connectivity index (χ4n) is 3.86. The number of benzene rings is 4. The van der Waals surface area contributed by atoms with Crippen molar-refractivity contribution in [2.24, 2.45) is 0 Å². The molecule has 0 bridgehead atoms. The van der Waals surface area contributed by atoms with Gasteiger partial charge < -0.3 is 14.8 Å². The molecule has 196 valence electrons. The van der Waals surface area contributed by atoms with E-state index in [1.807, 2.05) is 31.2 Å². The van der Waals surface area contributed by atoms with E-state index >= 15 is 0 Å². The minimum atomic E-state index is -2.90. The van der Waals surface area contributed by atoms with Crippen molar-refractivity contribution >= 4 is 11.7 Å². The van der Waals surface area contributed by atoms with Crippen LogP contribution >= 0.6 is 0 Å². The van der Waals surface area contributed by atoms with E-state index in [0.717, 1.165) is 16.7 Å². The van der Waals surface area contributed by atoms with Gasteiger partial charge in [-0.3, -0.25) is 0 Å². The van der Waals surface area contributed by atoms with Gasteiger partial charge in [-0.05, 0) is 73.2 Å². The molecule has 0 spiro atoms. The smallest absolute Gasteiger partial charge is 0.387 e. The van der Waals surface area contributed by atoms with Crippen molar-refractivity contribution < 1.29 is 27.4 Å². The molecule has 5 rings (SSSR count). The van der Waals surface area contributed by atoms with Crippen molar-refractivity contribution in [3.8, 4) is 39.6 Å². The van der Waals surface area contributed by atoms with Crippen molar-refractivity contribution in [1.82, 2.24) is 9.78 Å². The number of nitrogens with one attached hydrogen (secondary N) is 1. The highest BCUT2D eigenvalue weighted by molar-refractivity contribution is 5.92. The molecule has 4 aromatic carbocycles. The molecule has 39 heavy (non-hydrogen) atoms. The lowest BCUT2D eigenvalue weighted by atomic mass is 10.0. The van der Waals surface area contributed by atoms with Crippen molar-refractivity contribution in [1.29, 1.82) is 0 Å². The van der Waals surface area contributed by atoms with E-state index < -0.39 is 12.6 Å². The molecule has 0 radical (unpaired) electrons. The van der Waals surface area contributed by atoms with Gasteiger partial charge in [-0.15, -0.1) is 0 Å². The molecule has 1 aromatic heterocycles. The minimum absolute atomic E-state index is 0.0298. The van der Waals surface area contributed by atoms with Crippen LogP contribution < -0.4 is 14.8 Å². The first-order chi connectivity index (χ1) is 18.8. The summed E-state index contributed by atoms with van der Waals surface area (Å²) in [7, 11) is 0. The number of rotatable bonds is 7. The molecule has 0 fully saturated rings. The Balaban J connectivity index is 1.32. The Morgan fingerprint density at radius 3 is 1.97 bits per heavy atom. The van der Waals surface area contributed by atoms with Crippen LogP contribution in [0.1, 0.15) is 5.56 Å². The number of aryl methyl sites for hydroxylation is 1. The largest absolute Gasteiger partial charge is 0.457 e. The van der Waals surface area contributed by atoms with Crippen LogP contribution in [0.5, 0.6) is 17.2 Å². The van der Waals surface area contributed by atoms with Crippen LogP contribution in [-0.4, -0.2) is 22.4 Å². The predicted molar refractivity (Wildman–Crippen MR) is 142 cm³/mol. The van der Waals surface area contributed by atoms with E-state index in [-0.39, 0.29) is 11.6 Å². The second-order valence-corrected chi connectivity index (χ2v) is 8.62. The Kier molecular flexibility index (Phi) is 7.31. The lowest BCUT2D eigenvalue weighted by molar-refractivity contribution is -0.0498. The second kappa shape index (κ2) is 11.1. The monoisotopic (exact) mass is 529 g/mol. The van der Waals surface area contributed by atoms with E-state index in [9.17, 15) is 18.0 Å². The number of hydrogen-bond donors (Lipinski definition) is 1. The third-order valence-electron chi connectivity index (χ3n) is 5.79. The van der Waals surface area contributed by atoms with Crippen LogP contribution in [0.25, 0.3) is 22.4 Å². The zero-order chi connectivity index (χ0) is 27.4. The van der Waals surface area contributed by atoms with Gasteiger partial charge in [0, 0.05) is 23.0 Å². The molecule has 0 aliphatic rings. The van der Waals surface area contributed by atoms with Gasteiger partial charge in [-0.25, -0.2) is 9.18 Å². The molecule has 0 saturated carbocycles. The molecule has 0 aliphatic heterocycles. The second-order valence-electron chi connectivity index (χ2n) is 8.62. The summed E-state index contributed by atoms with van der Waals surface area (Å²) in [6, 6.07) is 25.7. The first-order valence-corrected chi connectivity index (χ1v) is 11.9. The average Bonchev–Trinajstić information content (AvgIpc) is 3.37. The Labute approximate surface area is 222 Å². The van der Waals surface area contributed by atoms with Crippen molar-refractivity contribution in [3.63, 3.8) is 0 Å². The van der Waals surface area contributed by atoms with Gasteiger partial charge in [-0.1, -0.05) is 42.0 Å². The third-order valence-corrected chi connectivity index (χ3v) is 5.79. The van der Waals surface area contributed by atoms with E-state index in [1.54, 1.807) is 42.6 Å². The first-order valence-electron chi connectivity index (χ1n) is 11.9. The maximum absolute atomic E-state index is 13.5. The number of carbonyl (C=O) groups is 1. The van der Waals surface area contributed by atoms with Gasteiger partial charge in [0.2, 0.25) is 0 Å². The van der Waals surface area contributed by atoms with E-state index in [2.05, 4.69) is 15.2 Å². The van der Waals surface area contributed by atoms with Gasteiger partial charge in [0.25, 0.3) is 0 Å². The summed E-state index contributed by atoms with van der Waals surface area (Å²) in [5.41, 5.74) is 4.41. The maximum atomic E-state index is 13.5. The fourth-order valence-corrected chi connectivity index (χ4v) is 3.86. The van der Waals surface area contributed by atoms with Crippen molar-refractivity contribution in [2.75, 3.05) is 5.32 Å². The predicted octanol–water partition coefficient (Wildman–Crippen LogP) is 8.14. The Bertz CT molecular complexity index is 1500. The summed E-state index contributed by atoms with van der Waals surface area (Å²) in [6.07, 6.45) is 1.61. The molecule has 0 saturated heterocycles. The molecule has 1 N–H and O–H groups in total. The third kappa shape index (κ3) is 6.27. The molecular formula is C30H22F3N3O3. The molecule has 5 aromatic rings. The highest BCUT2D eigenvalue weighted by Crippen LogP contribution is 2.32. The SMILES string of the molecule is Cc1ccc(-c2nn(C(=O)Nc3ccc(Oc4ccc(OC(F)F)cc4)cc3)cc2-c2ccc(F)cc2)cc1. The van der Waals surface area contributed by atoms with Gasteiger partial charge in [0.05, 0.1) is 0 Å². The molecule has 9 heteroatoms. The van der Waals surface area contributed by atoms with Crippen molar-refractivity contribution in [2.45, 2.75) is 13.5 Å². The molecule has 1 heterocycles. The number of alkyl halides is 2. The van der Waals surface area contributed by atoms with Crippen LogP contribution in [0.4, 0.5) is 23.7 Å². The highest BCUT2D eigenvalue weighted by Gasteiger charge is 2.17. The average molecular weight is 530 g/mol. The lowest BCUT2D eigenvalue weighted by Crippen LogP contribution is -2.19. The van der Waals surface area contributed by atoms with Crippen LogP contribution in [0.2, 0.25) is 0 Å². The topological polar surface area (TPSA) is 65.4 Å². The normalized spacial score (nSPS) is 10.9. The van der Waals surface area contributed by atoms with Crippen molar-refractivity contribution in [3.05, 3.63) is 115 Å². The van der Waals surface area contributed by atoms with E-state index in [1.165, 1.54) is 41.1 Å². The lowest BCUT2D eigenvalue weighted by Gasteiger charge is -2.09. The summed E-state index contributed by atoms with van der Waals surface area (Å²) in [5, 5.41) is 7.33. The zero-order valence-electron chi connectivity index (χ0n) is 20.6. The molecule has 1 amide bonds. The van der Waals surface area contributed by atoms with E-state index in [4.69, 9.17) is 4.74 Å². The van der Waals surface area contributed by atoms with Gasteiger partial charge in [-0.2, -0.15) is 18.6 Å². The van der Waals surface area contributed by atoms with Gasteiger partial charge >= 0.3 is 12.6 Å². The van der Waals surface area contributed by atoms with Gasteiger partial charge in [0.15, 0.2) is 0 Å². The number of carbonyl (C=O) groups excluding carboxylic acids is 1. The Morgan fingerprint density at radius 2 is 1.36 bits per heavy atom. The summed E-state index contributed by atoms with van der Waals surface area (Å²) < 4.78 is 49.4. The number of hydrogen-bond acceptors (Lipinski definition) is 4. The summed E-state index contributed by atoms with van der Waals surface area (Å²) >= 11 is 0. The Morgan fingerprint density at radius 1 is 0.795 bits per heavy atom. The number of halogens is 3. The molecular weight excluding hydrogens is 507 g/mol. The molecule has 0 unspecified atom stereocenters. The van der Waals surface area contributed by atoms with Crippen LogP contribution in [-0.2, 0) is 0 Å². The first kappa shape index (κ1) is 25.6. The Hall–Kier alpha value is -5.05. The molecule has 6 nitrogen and oxygen atoms in total. The molecule has 0 aliphatic carbocycles. The maximum Gasteiger partial charge on any atom is 0.387 e. The van der Waals surface area contributed by atoms with Gasteiger partial charge in [0.1, 0.15) is 28.8 Å². The van der Waals surface area contributed by atoms with Crippen LogP contribution in [0.15, 0.2) is 103 Å². The summed E-state index contributed by atoms with van der Waals surface area (Å²) in [5.74, 6) is 0.588. The molecule has 0 atom stereocenters. The summed E-state index contributed by atoms with van der Waals surface area (Å²) in [6.45, 7) is -0.917. The number of ether oxygens (including phenoxy) is 2. The van der Waals surface area contributed by atoms with Crippen LogP contribution in [0.3, 0.4) is 0 Å². The minimum Gasteiger partial charge on any atom is -0.457 e. The zero-order valence-corrected chi connectivity index (χ0v) is 20.6. The number of nitrogens with zero attached hydrogens (tertiary/aromatic N) is 2. The van der Waals surface area contributed by atoms with Crippen LogP contribution in [0, 0.1) is 12.7 Å². The highest BCUT2D eigenvalue weighted by atomic mass is 19.3.